The van der Waals surface area contributed by atoms with Crippen LogP contribution in [0, 0.1) is 0 Å². The van der Waals surface area contributed by atoms with Crippen molar-refractivity contribution < 1.29 is 4.74 Å². The summed E-state index contributed by atoms with van der Waals surface area (Å²) in [5.41, 5.74) is 7.93. The Kier molecular flexibility index (Phi) is 3.29. The minimum absolute atomic E-state index is 0.462. The van der Waals surface area contributed by atoms with E-state index in [1.54, 1.807) is 6.20 Å². The third-order valence-corrected chi connectivity index (χ3v) is 3.25. The Morgan fingerprint density at radius 3 is 3.05 bits per heavy atom. The quantitative estimate of drug-likeness (QED) is 0.878. The number of benzene rings is 1. The Bertz CT molecular complexity index is 573. The summed E-state index contributed by atoms with van der Waals surface area (Å²) >= 11 is 0. The maximum absolute atomic E-state index is 5.77. The lowest BCUT2D eigenvalue weighted by Crippen LogP contribution is -2.28. The second-order valence-corrected chi connectivity index (χ2v) is 4.46. The van der Waals surface area contributed by atoms with Crippen molar-refractivity contribution in [2.45, 2.75) is 13.1 Å². The van der Waals surface area contributed by atoms with Gasteiger partial charge in [-0.25, -0.2) is 0 Å². The summed E-state index contributed by atoms with van der Waals surface area (Å²) in [5, 5.41) is 8.20. The monoisotopic (exact) mass is 256 g/mol. The number of nitrogens with two attached hydrogens (primary N) is 1. The van der Waals surface area contributed by atoms with Crippen LogP contribution in [-0.4, -0.2) is 23.3 Å². The molecule has 0 radical (unpaired) electrons. The molecule has 3 rings (SSSR count). The number of rotatable bonds is 2. The van der Waals surface area contributed by atoms with Crippen molar-refractivity contribution in [3.8, 4) is 5.75 Å². The maximum atomic E-state index is 5.77. The molecular weight excluding hydrogens is 240 g/mol. The summed E-state index contributed by atoms with van der Waals surface area (Å²) in [6, 6.07) is 10.00. The lowest BCUT2D eigenvalue weighted by atomic mass is 10.2. The fraction of sp³-hybridized carbons (Fsp3) is 0.286. The zero-order valence-electron chi connectivity index (χ0n) is 10.6. The van der Waals surface area contributed by atoms with E-state index in [4.69, 9.17) is 10.5 Å². The van der Waals surface area contributed by atoms with Gasteiger partial charge in [-0.05, 0) is 12.1 Å². The molecule has 0 spiro atoms. The van der Waals surface area contributed by atoms with Crippen LogP contribution >= 0.6 is 0 Å². The molecule has 0 aliphatic carbocycles. The first-order chi connectivity index (χ1) is 9.38. The summed E-state index contributed by atoms with van der Waals surface area (Å²) in [6.45, 7) is 2.64. The van der Waals surface area contributed by atoms with Crippen LogP contribution in [0.2, 0.25) is 0 Å². The van der Waals surface area contributed by atoms with Crippen LogP contribution < -0.4 is 15.4 Å². The molecule has 0 atom stereocenters. The molecular formula is C14H16N4O. The normalized spacial score (nSPS) is 14.5. The molecule has 5 heteroatoms. The van der Waals surface area contributed by atoms with E-state index in [0.717, 1.165) is 35.8 Å². The largest absolute Gasteiger partial charge is 0.491 e. The molecule has 19 heavy (non-hydrogen) atoms. The molecule has 1 aliphatic rings. The van der Waals surface area contributed by atoms with Crippen LogP contribution in [0.4, 0.5) is 5.82 Å². The average Bonchev–Trinajstić information content (AvgIpc) is 2.69. The van der Waals surface area contributed by atoms with Crippen molar-refractivity contribution >= 4 is 5.82 Å². The number of hydrogen-bond acceptors (Lipinski definition) is 5. The second kappa shape index (κ2) is 5.24. The number of para-hydroxylation sites is 1. The topological polar surface area (TPSA) is 64.3 Å². The summed E-state index contributed by atoms with van der Waals surface area (Å²) in [6.07, 6.45) is 1.67. The summed E-state index contributed by atoms with van der Waals surface area (Å²) in [5.74, 6) is 1.80. The van der Waals surface area contributed by atoms with Gasteiger partial charge < -0.3 is 15.4 Å². The van der Waals surface area contributed by atoms with Gasteiger partial charge in [0.1, 0.15) is 12.4 Å². The van der Waals surface area contributed by atoms with Crippen LogP contribution in [-0.2, 0) is 13.1 Å². The Morgan fingerprint density at radius 2 is 2.16 bits per heavy atom. The smallest absolute Gasteiger partial charge is 0.156 e. The standard InChI is InChI=1S/C14H16N4O/c15-9-11-5-6-16-17-14(11)18-7-8-19-13-4-2-1-3-12(13)10-18/h1-6H,7-10,15H2. The predicted molar refractivity (Wildman–Crippen MR) is 72.9 cm³/mol. The maximum Gasteiger partial charge on any atom is 0.156 e. The Labute approximate surface area is 112 Å². The number of nitrogens with zero attached hydrogens (tertiary/aromatic N) is 3. The molecule has 1 aliphatic heterocycles. The molecule has 0 saturated carbocycles. The van der Waals surface area contributed by atoms with Gasteiger partial charge in [-0.2, -0.15) is 5.10 Å². The zero-order valence-corrected chi connectivity index (χ0v) is 10.6. The Morgan fingerprint density at radius 1 is 1.26 bits per heavy atom. The van der Waals surface area contributed by atoms with Gasteiger partial charge in [0.2, 0.25) is 0 Å². The molecule has 0 bridgehead atoms. The third kappa shape index (κ3) is 2.37. The first-order valence-corrected chi connectivity index (χ1v) is 6.35. The highest BCUT2D eigenvalue weighted by molar-refractivity contribution is 5.48. The Hall–Kier alpha value is -2.14. The lowest BCUT2D eigenvalue weighted by Gasteiger charge is -2.22. The van der Waals surface area contributed by atoms with E-state index in [2.05, 4.69) is 21.2 Å². The number of anilines is 1. The molecule has 0 saturated heterocycles. The van der Waals surface area contributed by atoms with E-state index in [9.17, 15) is 0 Å². The first-order valence-electron chi connectivity index (χ1n) is 6.35. The lowest BCUT2D eigenvalue weighted by molar-refractivity contribution is 0.331. The van der Waals surface area contributed by atoms with Crippen molar-refractivity contribution in [1.29, 1.82) is 0 Å². The van der Waals surface area contributed by atoms with Gasteiger partial charge >= 0.3 is 0 Å². The molecule has 0 unspecified atom stereocenters. The summed E-state index contributed by atoms with van der Waals surface area (Å²) < 4.78 is 5.75. The zero-order chi connectivity index (χ0) is 13.1. The number of aromatic nitrogens is 2. The third-order valence-electron chi connectivity index (χ3n) is 3.25. The van der Waals surface area contributed by atoms with E-state index in [1.807, 2.05) is 24.3 Å². The molecule has 2 aromatic rings. The van der Waals surface area contributed by atoms with Crippen LogP contribution in [0.5, 0.6) is 5.75 Å². The highest BCUT2D eigenvalue weighted by Crippen LogP contribution is 2.26. The SMILES string of the molecule is NCc1ccnnc1N1CCOc2ccccc2C1. The number of ether oxygens (including phenoxy) is 1. The molecule has 98 valence electrons. The van der Waals surface area contributed by atoms with Gasteiger partial charge in [0.05, 0.1) is 12.7 Å². The van der Waals surface area contributed by atoms with E-state index in [0.29, 0.717) is 13.2 Å². The van der Waals surface area contributed by atoms with Crippen molar-refractivity contribution in [3.05, 3.63) is 47.7 Å². The molecule has 2 heterocycles. The van der Waals surface area contributed by atoms with Gasteiger partial charge in [0.25, 0.3) is 0 Å². The van der Waals surface area contributed by atoms with E-state index in [1.165, 1.54) is 0 Å². The van der Waals surface area contributed by atoms with Crippen LogP contribution in [0.15, 0.2) is 36.5 Å². The molecule has 0 fully saturated rings. The second-order valence-electron chi connectivity index (χ2n) is 4.46. The van der Waals surface area contributed by atoms with Crippen molar-refractivity contribution in [3.63, 3.8) is 0 Å². The highest BCUT2D eigenvalue weighted by Gasteiger charge is 2.18. The van der Waals surface area contributed by atoms with Crippen molar-refractivity contribution in [2.24, 2.45) is 5.73 Å². The van der Waals surface area contributed by atoms with Gasteiger partial charge in [-0.15, -0.1) is 5.10 Å². The van der Waals surface area contributed by atoms with Crippen LogP contribution in [0.25, 0.3) is 0 Å². The molecule has 0 amide bonds. The molecule has 5 nitrogen and oxygen atoms in total. The average molecular weight is 256 g/mol. The van der Waals surface area contributed by atoms with Crippen molar-refractivity contribution in [1.82, 2.24) is 10.2 Å². The molecule has 2 N–H and O–H groups in total. The molecule has 1 aromatic carbocycles. The van der Waals surface area contributed by atoms with E-state index in [-0.39, 0.29) is 0 Å². The first kappa shape index (κ1) is 11.9. The summed E-state index contributed by atoms with van der Waals surface area (Å²) in [4.78, 5) is 2.17. The minimum atomic E-state index is 0.462. The predicted octanol–water partition coefficient (Wildman–Crippen LogP) is 1.33. The van der Waals surface area contributed by atoms with E-state index < -0.39 is 0 Å². The van der Waals surface area contributed by atoms with Crippen LogP contribution in [0.3, 0.4) is 0 Å². The minimum Gasteiger partial charge on any atom is -0.491 e. The number of hydrogen-bond donors (Lipinski definition) is 1. The van der Waals surface area contributed by atoms with Gasteiger partial charge in [0.15, 0.2) is 5.82 Å². The summed E-state index contributed by atoms with van der Waals surface area (Å²) in [7, 11) is 0. The fourth-order valence-electron chi connectivity index (χ4n) is 2.28. The Balaban J connectivity index is 1.94. The fourth-order valence-corrected chi connectivity index (χ4v) is 2.28. The highest BCUT2D eigenvalue weighted by atomic mass is 16.5. The van der Waals surface area contributed by atoms with Crippen LogP contribution in [0.1, 0.15) is 11.1 Å². The van der Waals surface area contributed by atoms with Crippen molar-refractivity contribution in [2.75, 3.05) is 18.1 Å². The van der Waals surface area contributed by atoms with E-state index >= 15 is 0 Å². The number of fused-ring (bicyclic) bond motifs is 1. The van der Waals surface area contributed by atoms with Gasteiger partial charge in [0, 0.05) is 24.2 Å². The molecule has 1 aromatic heterocycles. The van der Waals surface area contributed by atoms with Gasteiger partial charge in [-0.3, -0.25) is 0 Å². The van der Waals surface area contributed by atoms with Gasteiger partial charge in [-0.1, -0.05) is 18.2 Å².